The minimum atomic E-state index is 0.00430. The van der Waals surface area contributed by atoms with Gasteiger partial charge in [-0.15, -0.1) is 11.3 Å². The largest absolute Gasteiger partial charge is 0.399 e. The maximum Gasteiger partial charge on any atom is 0.253 e. The molecule has 0 bridgehead atoms. The van der Waals surface area contributed by atoms with Gasteiger partial charge in [-0.25, -0.2) is 9.97 Å². The summed E-state index contributed by atoms with van der Waals surface area (Å²) in [5.74, 6) is 0.879. The molecule has 1 amide bonds. The molecule has 0 aliphatic carbocycles. The first kappa shape index (κ1) is 29.8. The quantitative estimate of drug-likeness (QED) is 0.202. The molecule has 1 unspecified atom stereocenters. The van der Waals surface area contributed by atoms with Crippen molar-refractivity contribution in [2.75, 3.05) is 55.8 Å². The topological polar surface area (TPSA) is 91.5 Å². The van der Waals surface area contributed by atoms with Crippen LogP contribution in [0.4, 0.5) is 16.5 Å². The van der Waals surface area contributed by atoms with E-state index < -0.39 is 0 Å². The zero-order valence-corrected chi connectivity index (χ0v) is 26.9. The van der Waals surface area contributed by atoms with Crippen molar-refractivity contribution >= 4 is 45.3 Å². The van der Waals surface area contributed by atoms with E-state index in [1.54, 1.807) is 11.3 Å². The number of amides is 1. The highest BCUT2D eigenvalue weighted by Crippen LogP contribution is 2.32. The van der Waals surface area contributed by atoms with Crippen LogP contribution in [-0.2, 0) is 6.42 Å². The fourth-order valence-corrected chi connectivity index (χ4v) is 6.95. The second-order valence-corrected chi connectivity index (χ2v) is 13.2. The first-order chi connectivity index (χ1) is 21.3. The molecule has 3 heterocycles. The maximum atomic E-state index is 13.5. The van der Waals surface area contributed by atoms with E-state index in [2.05, 4.69) is 51.2 Å². The Bertz CT molecular complexity index is 1710. The Labute approximate surface area is 267 Å². The van der Waals surface area contributed by atoms with E-state index >= 15 is 0 Å². The van der Waals surface area contributed by atoms with Crippen LogP contribution in [0.1, 0.15) is 44.7 Å². The SMILES string of the molecule is Cc1nc(-c2cccc(C(=O)N3CCCN(c4nc(C(Cc5ccc(N(C)C)cc5)c5ccc(N)cc5)ns4)CC3)c2)cs1. The average molecular weight is 624 g/mol. The zero-order valence-electron chi connectivity index (χ0n) is 25.3. The third kappa shape index (κ3) is 6.76. The van der Waals surface area contributed by atoms with Crippen molar-refractivity contribution in [1.82, 2.24) is 19.2 Å². The van der Waals surface area contributed by atoms with E-state index in [1.807, 2.05) is 67.7 Å². The zero-order chi connectivity index (χ0) is 30.6. The number of rotatable bonds is 8. The van der Waals surface area contributed by atoms with Crippen molar-refractivity contribution in [3.63, 3.8) is 0 Å². The molecule has 1 aliphatic heterocycles. The lowest BCUT2D eigenvalue weighted by molar-refractivity contribution is 0.0767. The Hall–Kier alpha value is -4.28. The van der Waals surface area contributed by atoms with Gasteiger partial charge in [0, 0.05) is 85.6 Å². The van der Waals surface area contributed by atoms with Crippen molar-refractivity contribution in [2.45, 2.75) is 25.7 Å². The van der Waals surface area contributed by atoms with Gasteiger partial charge in [0.1, 0.15) is 0 Å². The minimum Gasteiger partial charge on any atom is -0.399 e. The van der Waals surface area contributed by atoms with Crippen LogP contribution in [0.3, 0.4) is 0 Å². The molecule has 8 nitrogen and oxygen atoms in total. The molecule has 0 saturated carbocycles. The standard InChI is InChI=1S/C34H37N7OS2/c1-23-36-31(22-43-23)26-6-4-7-27(21-26)33(42)40-16-5-17-41(19-18-40)34-37-32(38-44-34)30(25-10-12-28(35)13-11-25)20-24-8-14-29(15-9-24)39(2)3/h4,6-15,21-22,30H,5,16-20,35H2,1-3H3. The summed E-state index contributed by atoms with van der Waals surface area (Å²) in [6.45, 7) is 4.87. The summed E-state index contributed by atoms with van der Waals surface area (Å²) in [5.41, 5.74) is 12.9. The highest BCUT2D eigenvalue weighted by molar-refractivity contribution is 7.10. The van der Waals surface area contributed by atoms with Crippen LogP contribution in [0.15, 0.2) is 78.2 Å². The number of nitrogen functional groups attached to an aromatic ring is 1. The smallest absolute Gasteiger partial charge is 0.253 e. The van der Waals surface area contributed by atoms with E-state index in [4.69, 9.17) is 15.1 Å². The second kappa shape index (κ2) is 13.2. The molecule has 1 aliphatic rings. The molecule has 226 valence electrons. The number of benzene rings is 3. The number of aromatic nitrogens is 3. The summed E-state index contributed by atoms with van der Waals surface area (Å²) >= 11 is 3.06. The Morgan fingerprint density at radius 1 is 0.977 bits per heavy atom. The Morgan fingerprint density at radius 3 is 2.50 bits per heavy atom. The molecule has 0 radical (unpaired) electrons. The molecule has 2 N–H and O–H groups in total. The van der Waals surface area contributed by atoms with Crippen molar-refractivity contribution in [1.29, 1.82) is 0 Å². The lowest BCUT2D eigenvalue weighted by atomic mass is 9.91. The molecule has 3 aromatic carbocycles. The van der Waals surface area contributed by atoms with Crippen molar-refractivity contribution in [2.24, 2.45) is 0 Å². The van der Waals surface area contributed by atoms with Crippen molar-refractivity contribution < 1.29 is 4.79 Å². The third-order valence-electron chi connectivity index (χ3n) is 8.05. The summed E-state index contributed by atoms with van der Waals surface area (Å²) < 4.78 is 4.87. The van der Waals surface area contributed by atoms with Crippen LogP contribution in [0.2, 0.25) is 0 Å². The highest BCUT2D eigenvalue weighted by atomic mass is 32.1. The fourth-order valence-electron chi connectivity index (χ4n) is 5.55. The molecule has 44 heavy (non-hydrogen) atoms. The van der Waals surface area contributed by atoms with Crippen LogP contribution >= 0.6 is 22.9 Å². The van der Waals surface area contributed by atoms with E-state index in [0.29, 0.717) is 25.2 Å². The van der Waals surface area contributed by atoms with Crippen molar-refractivity contribution in [3.05, 3.63) is 106 Å². The van der Waals surface area contributed by atoms with E-state index in [-0.39, 0.29) is 11.8 Å². The van der Waals surface area contributed by atoms with E-state index in [9.17, 15) is 4.79 Å². The summed E-state index contributed by atoms with van der Waals surface area (Å²) in [5, 5.41) is 3.96. The molecule has 6 rings (SSSR count). The van der Waals surface area contributed by atoms with Gasteiger partial charge >= 0.3 is 0 Å². The molecule has 0 spiro atoms. The molecule has 2 aromatic heterocycles. The third-order valence-corrected chi connectivity index (χ3v) is 9.62. The maximum absolute atomic E-state index is 13.5. The van der Waals surface area contributed by atoms with Gasteiger partial charge in [0.2, 0.25) is 5.13 Å². The van der Waals surface area contributed by atoms with Gasteiger partial charge in [0.25, 0.3) is 5.91 Å². The summed E-state index contributed by atoms with van der Waals surface area (Å²) in [4.78, 5) is 29.5. The number of carbonyl (C=O) groups excluding carboxylic acids is 1. The van der Waals surface area contributed by atoms with Crippen LogP contribution in [0, 0.1) is 6.92 Å². The van der Waals surface area contributed by atoms with Gasteiger partial charge in [-0.05, 0) is 67.3 Å². The average Bonchev–Trinajstić information content (AvgIpc) is 3.63. The van der Waals surface area contributed by atoms with Crippen LogP contribution in [0.25, 0.3) is 11.3 Å². The number of hydrogen-bond donors (Lipinski definition) is 1. The van der Waals surface area contributed by atoms with Crippen LogP contribution < -0.4 is 15.5 Å². The lowest BCUT2D eigenvalue weighted by Crippen LogP contribution is -2.35. The predicted molar refractivity (Wildman–Crippen MR) is 182 cm³/mol. The molecule has 5 aromatic rings. The van der Waals surface area contributed by atoms with Gasteiger partial charge < -0.3 is 20.4 Å². The summed E-state index contributed by atoms with van der Waals surface area (Å²) in [6, 6.07) is 24.5. The Balaban J connectivity index is 1.17. The monoisotopic (exact) mass is 623 g/mol. The molecular formula is C34H37N7OS2. The van der Waals surface area contributed by atoms with Gasteiger partial charge in [-0.2, -0.15) is 4.37 Å². The summed E-state index contributed by atoms with van der Waals surface area (Å²) in [6.07, 6.45) is 1.65. The number of nitrogens with two attached hydrogens (primary N) is 1. The van der Waals surface area contributed by atoms with E-state index in [1.165, 1.54) is 22.8 Å². The Morgan fingerprint density at radius 2 is 1.77 bits per heavy atom. The minimum absolute atomic E-state index is 0.00430. The fraction of sp³-hybridized carbons (Fsp3) is 0.294. The lowest BCUT2D eigenvalue weighted by Gasteiger charge is -2.22. The predicted octanol–water partition coefficient (Wildman–Crippen LogP) is 6.35. The van der Waals surface area contributed by atoms with Crippen LogP contribution in [0.5, 0.6) is 0 Å². The number of nitrogens with zero attached hydrogens (tertiary/aromatic N) is 6. The first-order valence-corrected chi connectivity index (χ1v) is 16.5. The van der Waals surface area contributed by atoms with Gasteiger partial charge in [-0.1, -0.05) is 36.4 Å². The number of aryl methyl sites for hydroxylation is 1. The number of hydrogen-bond acceptors (Lipinski definition) is 9. The molecule has 1 atom stereocenters. The number of carbonyl (C=O) groups is 1. The molecular weight excluding hydrogens is 587 g/mol. The number of thiazole rings is 1. The molecule has 10 heteroatoms. The van der Waals surface area contributed by atoms with Crippen LogP contribution in [-0.4, -0.2) is 65.4 Å². The second-order valence-electron chi connectivity index (χ2n) is 11.4. The van der Waals surface area contributed by atoms with Gasteiger partial charge in [0.15, 0.2) is 5.82 Å². The highest BCUT2D eigenvalue weighted by Gasteiger charge is 2.25. The van der Waals surface area contributed by atoms with E-state index in [0.717, 1.165) is 57.9 Å². The van der Waals surface area contributed by atoms with Gasteiger partial charge in [-0.3, -0.25) is 4.79 Å². The first-order valence-electron chi connectivity index (χ1n) is 14.9. The van der Waals surface area contributed by atoms with Gasteiger partial charge in [0.05, 0.1) is 10.7 Å². The summed E-state index contributed by atoms with van der Waals surface area (Å²) in [7, 11) is 4.10. The van der Waals surface area contributed by atoms with Crippen molar-refractivity contribution in [3.8, 4) is 11.3 Å². The number of anilines is 3. The molecule has 1 saturated heterocycles. The normalized spacial score (nSPS) is 14.3. The molecule has 1 fully saturated rings. The Kier molecular flexibility index (Phi) is 8.90.